The predicted octanol–water partition coefficient (Wildman–Crippen LogP) is 1.58. The zero-order valence-electron chi connectivity index (χ0n) is 10.4. The molecule has 0 spiro atoms. The number of aromatic nitrogens is 2. The summed E-state index contributed by atoms with van der Waals surface area (Å²) in [6, 6.07) is 5.47. The van der Waals surface area contributed by atoms with Crippen molar-refractivity contribution < 1.29 is 9.31 Å². The van der Waals surface area contributed by atoms with E-state index in [1.165, 1.54) is 29.2 Å². The van der Waals surface area contributed by atoms with Gasteiger partial charge in [0.15, 0.2) is 0 Å². The van der Waals surface area contributed by atoms with Crippen LogP contribution in [0.4, 0.5) is 27.5 Å². The molecular formula is C11H11FN6O2. The van der Waals surface area contributed by atoms with E-state index >= 15 is 0 Å². The number of nitrogen functional groups attached to an aromatic ring is 1. The Morgan fingerprint density at radius 2 is 2.05 bits per heavy atom. The third kappa shape index (κ3) is 2.62. The van der Waals surface area contributed by atoms with Gasteiger partial charge in [0, 0.05) is 12.7 Å². The van der Waals surface area contributed by atoms with Crippen LogP contribution in [0.3, 0.4) is 0 Å². The molecule has 0 amide bonds. The zero-order chi connectivity index (χ0) is 14.7. The van der Waals surface area contributed by atoms with Crippen molar-refractivity contribution in [2.45, 2.75) is 0 Å². The summed E-state index contributed by atoms with van der Waals surface area (Å²) in [5, 5.41) is 11.0. The molecule has 8 nitrogen and oxygen atoms in total. The van der Waals surface area contributed by atoms with E-state index < -0.39 is 10.7 Å². The number of halogens is 1. The molecule has 0 fully saturated rings. The van der Waals surface area contributed by atoms with Crippen LogP contribution in [-0.2, 0) is 0 Å². The van der Waals surface area contributed by atoms with E-state index in [-0.39, 0.29) is 17.5 Å². The number of anilines is 3. The van der Waals surface area contributed by atoms with Crippen LogP contribution in [0.25, 0.3) is 0 Å². The summed E-state index contributed by atoms with van der Waals surface area (Å²) >= 11 is 0. The van der Waals surface area contributed by atoms with Crippen LogP contribution in [0.5, 0.6) is 0 Å². The van der Waals surface area contributed by atoms with Gasteiger partial charge in [-0.1, -0.05) is 0 Å². The minimum atomic E-state index is -0.602. The first-order valence-electron chi connectivity index (χ1n) is 5.50. The van der Waals surface area contributed by atoms with Crippen molar-refractivity contribution in [2.24, 2.45) is 5.84 Å². The summed E-state index contributed by atoms with van der Waals surface area (Å²) in [5.74, 6) is 4.88. The molecule has 0 radical (unpaired) electrons. The zero-order valence-corrected chi connectivity index (χ0v) is 10.4. The number of nitrogens with zero attached hydrogens (tertiary/aromatic N) is 4. The van der Waals surface area contributed by atoms with Gasteiger partial charge in [-0.2, -0.15) is 4.98 Å². The van der Waals surface area contributed by atoms with Crippen LogP contribution >= 0.6 is 0 Å². The number of rotatable bonds is 4. The van der Waals surface area contributed by atoms with E-state index in [4.69, 9.17) is 5.84 Å². The summed E-state index contributed by atoms with van der Waals surface area (Å²) in [6.45, 7) is 0. The second-order valence-corrected chi connectivity index (χ2v) is 3.84. The molecule has 0 atom stereocenters. The molecule has 0 aliphatic heterocycles. The monoisotopic (exact) mass is 278 g/mol. The number of nitrogens with one attached hydrogen (secondary N) is 1. The SMILES string of the molecule is CN(c1ccc(F)cc1)c1nc(NN)ncc1[N+](=O)[O-]. The molecule has 1 aromatic heterocycles. The number of nitrogens with two attached hydrogens (primary N) is 1. The Labute approximate surface area is 113 Å². The maximum absolute atomic E-state index is 12.9. The van der Waals surface area contributed by atoms with Crippen molar-refractivity contribution in [3.05, 3.63) is 46.4 Å². The molecule has 3 N–H and O–H groups in total. The summed E-state index contributed by atoms with van der Waals surface area (Å²) in [7, 11) is 1.57. The molecule has 0 saturated carbocycles. The second-order valence-electron chi connectivity index (χ2n) is 3.84. The number of benzene rings is 1. The van der Waals surface area contributed by atoms with Crippen molar-refractivity contribution in [3.63, 3.8) is 0 Å². The number of hydrogen-bond donors (Lipinski definition) is 2. The van der Waals surface area contributed by atoms with Gasteiger partial charge in [0.1, 0.15) is 12.0 Å². The first-order valence-corrected chi connectivity index (χ1v) is 5.50. The Balaban J connectivity index is 2.48. The highest BCUT2D eigenvalue weighted by molar-refractivity contribution is 5.68. The highest BCUT2D eigenvalue weighted by Crippen LogP contribution is 2.30. The van der Waals surface area contributed by atoms with Gasteiger partial charge in [0.05, 0.1) is 4.92 Å². The van der Waals surface area contributed by atoms with Crippen LogP contribution in [0.1, 0.15) is 0 Å². The van der Waals surface area contributed by atoms with Crippen molar-refractivity contribution in [2.75, 3.05) is 17.4 Å². The van der Waals surface area contributed by atoms with Crippen molar-refractivity contribution in [3.8, 4) is 0 Å². The molecule has 104 valence electrons. The lowest BCUT2D eigenvalue weighted by molar-refractivity contribution is -0.384. The van der Waals surface area contributed by atoms with Crippen LogP contribution in [0, 0.1) is 15.9 Å². The third-order valence-electron chi connectivity index (χ3n) is 2.61. The quantitative estimate of drug-likeness (QED) is 0.496. The van der Waals surface area contributed by atoms with E-state index in [9.17, 15) is 14.5 Å². The molecule has 0 saturated heterocycles. The predicted molar refractivity (Wildman–Crippen MR) is 71.0 cm³/mol. The van der Waals surface area contributed by atoms with E-state index in [0.717, 1.165) is 6.20 Å². The van der Waals surface area contributed by atoms with E-state index in [2.05, 4.69) is 15.4 Å². The van der Waals surface area contributed by atoms with Gasteiger partial charge >= 0.3 is 5.69 Å². The molecule has 9 heteroatoms. The van der Waals surface area contributed by atoms with Crippen LogP contribution in [-0.4, -0.2) is 21.9 Å². The fourth-order valence-electron chi connectivity index (χ4n) is 1.60. The lowest BCUT2D eigenvalue weighted by Gasteiger charge is -2.18. The average molecular weight is 278 g/mol. The first kappa shape index (κ1) is 13.6. The van der Waals surface area contributed by atoms with Crippen LogP contribution in [0.2, 0.25) is 0 Å². The Hall–Kier alpha value is -2.81. The first-order chi connectivity index (χ1) is 9.52. The van der Waals surface area contributed by atoms with Gasteiger partial charge in [-0.3, -0.25) is 15.5 Å². The summed E-state index contributed by atoms with van der Waals surface area (Å²) < 4.78 is 12.9. The van der Waals surface area contributed by atoms with Gasteiger partial charge in [0.2, 0.25) is 11.8 Å². The third-order valence-corrected chi connectivity index (χ3v) is 2.61. The average Bonchev–Trinajstić information content (AvgIpc) is 2.46. The second kappa shape index (κ2) is 5.45. The fourth-order valence-corrected chi connectivity index (χ4v) is 1.60. The number of nitro groups is 1. The minimum absolute atomic E-state index is 0.0413. The summed E-state index contributed by atoms with van der Waals surface area (Å²) in [5.41, 5.74) is 2.47. The molecule has 1 aromatic carbocycles. The van der Waals surface area contributed by atoms with E-state index in [0.29, 0.717) is 5.69 Å². The van der Waals surface area contributed by atoms with Gasteiger partial charge in [-0.25, -0.2) is 15.2 Å². The molecule has 0 aliphatic carbocycles. The molecule has 1 heterocycles. The molecule has 0 aliphatic rings. The molecule has 0 bridgehead atoms. The number of hydrazine groups is 1. The topological polar surface area (TPSA) is 110 Å². The molecule has 2 aromatic rings. The van der Waals surface area contributed by atoms with Gasteiger partial charge in [-0.15, -0.1) is 0 Å². The van der Waals surface area contributed by atoms with Gasteiger partial charge in [-0.05, 0) is 24.3 Å². The van der Waals surface area contributed by atoms with Crippen molar-refractivity contribution in [1.29, 1.82) is 0 Å². The maximum atomic E-state index is 12.9. The van der Waals surface area contributed by atoms with E-state index in [1.807, 2.05) is 0 Å². The summed E-state index contributed by atoms with van der Waals surface area (Å²) in [4.78, 5) is 19.5. The Kier molecular flexibility index (Phi) is 3.71. The molecule has 0 unspecified atom stereocenters. The molecular weight excluding hydrogens is 267 g/mol. The maximum Gasteiger partial charge on any atom is 0.330 e. The normalized spacial score (nSPS) is 10.2. The Morgan fingerprint density at radius 3 is 2.60 bits per heavy atom. The van der Waals surface area contributed by atoms with Crippen LogP contribution < -0.4 is 16.2 Å². The van der Waals surface area contributed by atoms with E-state index in [1.54, 1.807) is 7.05 Å². The van der Waals surface area contributed by atoms with Crippen molar-refractivity contribution in [1.82, 2.24) is 9.97 Å². The van der Waals surface area contributed by atoms with Gasteiger partial charge < -0.3 is 4.90 Å². The smallest absolute Gasteiger partial charge is 0.324 e. The standard InChI is InChI=1S/C11H11FN6O2/c1-17(8-4-2-7(12)3-5-8)10-9(18(19)20)6-14-11(15-10)16-13/h2-6H,13H2,1H3,(H,14,15,16). The molecule has 20 heavy (non-hydrogen) atoms. The summed E-state index contributed by atoms with van der Waals surface area (Å²) in [6.07, 6.45) is 1.05. The van der Waals surface area contributed by atoms with Crippen molar-refractivity contribution >= 4 is 23.1 Å². The largest absolute Gasteiger partial charge is 0.330 e. The lowest BCUT2D eigenvalue weighted by Crippen LogP contribution is -2.17. The lowest BCUT2D eigenvalue weighted by atomic mass is 10.3. The number of hydrogen-bond acceptors (Lipinski definition) is 7. The Bertz CT molecular complexity index is 633. The minimum Gasteiger partial charge on any atom is -0.324 e. The van der Waals surface area contributed by atoms with Crippen LogP contribution in [0.15, 0.2) is 30.5 Å². The Morgan fingerprint density at radius 1 is 1.40 bits per heavy atom. The highest BCUT2D eigenvalue weighted by Gasteiger charge is 2.21. The fraction of sp³-hybridized carbons (Fsp3) is 0.0909. The molecule has 2 rings (SSSR count). The van der Waals surface area contributed by atoms with Gasteiger partial charge in [0.25, 0.3) is 0 Å². The highest BCUT2D eigenvalue weighted by atomic mass is 19.1.